The van der Waals surface area contributed by atoms with Gasteiger partial charge in [0.15, 0.2) is 0 Å². The Hall–Kier alpha value is -1.54. The topological polar surface area (TPSA) is 9.23 Å². The van der Waals surface area contributed by atoms with Crippen molar-refractivity contribution >= 4 is 17.8 Å². The highest BCUT2D eigenvalue weighted by molar-refractivity contribution is 6.81. The largest absolute Gasteiger partial charge is 0.423 e. The Balaban J connectivity index is 2.05. The van der Waals surface area contributed by atoms with E-state index in [9.17, 15) is 0 Å². The Morgan fingerprint density at radius 3 is 2.81 bits per heavy atom. The molecule has 0 aromatic heterocycles. The van der Waals surface area contributed by atoms with Crippen molar-refractivity contribution in [1.29, 1.82) is 0 Å². The van der Waals surface area contributed by atoms with Crippen LogP contribution in [0.3, 0.4) is 0 Å². The first-order valence-corrected chi connectivity index (χ1v) is 5.60. The van der Waals surface area contributed by atoms with Crippen LogP contribution < -0.4 is 10.9 Å². The van der Waals surface area contributed by atoms with E-state index in [1.54, 1.807) is 0 Å². The highest BCUT2D eigenvalue weighted by atomic mass is 16.4. The van der Waals surface area contributed by atoms with Gasteiger partial charge in [0.05, 0.1) is 6.61 Å². The van der Waals surface area contributed by atoms with Crippen LogP contribution in [-0.4, -0.2) is 6.92 Å². The highest BCUT2D eigenvalue weighted by Gasteiger charge is 2.29. The summed E-state index contributed by atoms with van der Waals surface area (Å²) < 4.78 is 5.86. The maximum Gasteiger partial charge on any atom is 0.362 e. The molecular weight excluding hydrogens is 195 g/mol. The lowest BCUT2D eigenvalue weighted by Gasteiger charge is -2.07. The fraction of sp³-hybridized carbons (Fsp3) is 0.143. The molecule has 3 rings (SSSR count). The molecule has 0 saturated carbocycles. The zero-order valence-corrected chi connectivity index (χ0v) is 9.31. The molecule has 0 saturated heterocycles. The van der Waals surface area contributed by atoms with Crippen molar-refractivity contribution in [2.24, 2.45) is 0 Å². The molecule has 0 aliphatic carbocycles. The summed E-state index contributed by atoms with van der Waals surface area (Å²) in [6, 6.07) is 17.0. The minimum atomic E-state index is 0.121. The summed E-state index contributed by atoms with van der Waals surface area (Å²) in [5, 5.41) is 0. The van der Waals surface area contributed by atoms with Crippen molar-refractivity contribution in [1.82, 2.24) is 0 Å². The molecule has 0 radical (unpaired) electrons. The van der Waals surface area contributed by atoms with Crippen molar-refractivity contribution in [3.8, 4) is 0 Å². The van der Waals surface area contributed by atoms with Gasteiger partial charge in [-0.25, -0.2) is 0 Å². The molecule has 0 unspecified atom stereocenters. The van der Waals surface area contributed by atoms with E-state index >= 15 is 0 Å². The molecule has 2 aromatic carbocycles. The number of fused-ring (bicyclic) bond motifs is 1. The molecule has 1 aliphatic heterocycles. The van der Waals surface area contributed by atoms with Crippen molar-refractivity contribution in [3.63, 3.8) is 0 Å². The summed E-state index contributed by atoms with van der Waals surface area (Å²) in [4.78, 5) is 0. The van der Waals surface area contributed by atoms with E-state index < -0.39 is 0 Å². The molecule has 0 atom stereocenters. The number of hydrogen-bond donors (Lipinski definition) is 0. The summed E-state index contributed by atoms with van der Waals surface area (Å²) in [5.74, 6) is 0. The van der Waals surface area contributed by atoms with Crippen molar-refractivity contribution in [2.45, 2.75) is 13.5 Å². The monoisotopic (exact) mass is 208 g/mol. The van der Waals surface area contributed by atoms with Crippen LogP contribution in [0.2, 0.25) is 0 Å². The van der Waals surface area contributed by atoms with E-state index in [1.165, 1.54) is 22.1 Å². The third-order valence-electron chi connectivity index (χ3n) is 3.09. The quantitative estimate of drug-likeness (QED) is 0.647. The Bertz CT molecular complexity index is 522. The maximum atomic E-state index is 5.86. The second-order valence-corrected chi connectivity index (χ2v) is 4.30. The number of benzene rings is 2. The van der Waals surface area contributed by atoms with Crippen molar-refractivity contribution < 1.29 is 4.65 Å². The molecule has 2 aromatic rings. The average molecular weight is 208 g/mol. The third-order valence-corrected chi connectivity index (χ3v) is 3.09. The summed E-state index contributed by atoms with van der Waals surface area (Å²) in [7, 11) is 0. The lowest BCUT2D eigenvalue weighted by molar-refractivity contribution is 0.337. The highest BCUT2D eigenvalue weighted by Crippen LogP contribution is 2.10. The molecule has 0 spiro atoms. The predicted octanol–water partition coefficient (Wildman–Crippen LogP) is 1.63. The molecule has 2 heteroatoms. The van der Waals surface area contributed by atoms with E-state index in [-0.39, 0.29) is 6.92 Å². The van der Waals surface area contributed by atoms with E-state index in [1.807, 2.05) is 0 Å². The van der Waals surface area contributed by atoms with Gasteiger partial charge in [-0.15, -0.1) is 0 Å². The summed E-state index contributed by atoms with van der Waals surface area (Å²) in [5.41, 5.74) is 5.16. The first-order valence-electron chi connectivity index (χ1n) is 5.60. The van der Waals surface area contributed by atoms with Crippen molar-refractivity contribution in [3.05, 3.63) is 59.7 Å². The van der Waals surface area contributed by atoms with Crippen LogP contribution in [0, 0.1) is 6.92 Å². The normalized spacial score (nSPS) is 13.9. The molecule has 0 N–H and O–H groups in total. The first-order chi connectivity index (χ1) is 7.84. The molecule has 78 valence electrons. The van der Waals surface area contributed by atoms with Gasteiger partial charge in [-0.3, -0.25) is 0 Å². The molecule has 0 amide bonds. The number of hydrogen-bond acceptors (Lipinski definition) is 1. The number of aryl methyl sites for hydroxylation is 1. The molecule has 1 heterocycles. The molecular formula is C14H13BO. The predicted molar refractivity (Wildman–Crippen MR) is 67.4 cm³/mol. The van der Waals surface area contributed by atoms with E-state index in [4.69, 9.17) is 4.65 Å². The molecule has 16 heavy (non-hydrogen) atoms. The van der Waals surface area contributed by atoms with E-state index in [0.29, 0.717) is 0 Å². The van der Waals surface area contributed by atoms with E-state index in [2.05, 4.69) is 55.5 Å². The molecule has 0 bridgehead atoms. The fourth-order valence-corrected chi connectivity index (χ4v) is 2.29. The average Bonchev–Trinajstić information content (AvgIpc) is 2.72. The lowest BCUT2D eigenvalue weighted by Crippen LogP contribution is -2.41. The molecule has 1 nitrogen and oxygen atoms in total. The van der Waals surface area contributed by atoms with Gasteiger partial charge >= 0.3 is 6.92 Å². The summed E-state index contributed by atoms with van der Waals surface area (Å²) in [6.07, 6.45) is 0. The zero-order chi connectivity index (χ0) is 11.0. The minimum Gasteiger partial charge on any atom is -0.423 e. The Morgan fingerprint density at radius 2 is 1.94 bits per heavy atom. The first kappa shape index (κ1) is 9.67. The van der Waals surface area contributed by atoms with Gasteiger partial charge in [0.2, 0.25) is 0 Å². The van der Waals surface area contributed by atoms with E-state index in [0.717, 1.165) is 6.61 Å². The van der Waals surface area contributed by atoms with Crippen LogP contribution >= 0.6 is 0 Å². The van der Waals surface area contributed by atoms with Gasteiger partial charge in [-0.05, 0) is 23.4 Å². The van der Waals surface area contributed by atoms with Crippen LogP contribution in [0.25, 0.3) is 0 Å². The van der Waals surface area contributed by atoms with Crippen LogP contribution in [0.5, 0.6) is 0 Å². The molecule has 1 aliphatic rings. The van der Waals surface area contributed by atoms with Gasteiger partial charge in [0.25, 0.3) is 0 Å². The van der Waals surface area contributed by atoms with Gasteiger partial charge in [0, 0.05) is 0 Å². The van der Waals surface area contributed by atoms with Crippen LogP contribution in [0.1, 0.15) is 11.1 Å². The number of rotatable bonds is 1. The minimum absolute atomic E-state index is 0.121. The van der Waals surface area contributed by atoms with Crippen molar-refractivity contribution in [2.75, 3.05) is 0 Å². The standard InChI is InChI=1S/C14H13BO/c1-11-5-4-7-13(9-11)15-14-8-3-2-6-12(14)10-16-15/h2-9H,10H2,1H3. The Labute approximate surface area is 96.2 Å². The third kappa shape index (κ3) is 1.55. The van der Waals surface area contributed by atoms with Crippen LogP contribution in [0.15, 0.2) is 48.5 Å². The Kier molecular flexibility index (Phi) is 2.30. The van der Waals surface area contributed by atoms with Gasteiger partial charge in [-0.2, -0.15) is 0 Å². The molecule has 0 fully saturated rings. The lowest BCUT2D eigenvalue weighted by atomic mass is 9.56. The second kappa shape index (κ2) is 3.80. The van der Waals surface area contributed by atoms with Gasteiger partial charge < -0.3 is 4.65 Å². The summed E-state index contributed by atoms with van der Waals surface area (Å²) in [6.45, 7) is 2.97. The summed E-state index contributed by atoms with van der Waals surface area (Å²) >= 11 is 0. The zero-order valence-electron chi connectivity index (χ0n) is 9.31. The van der Waals surface area contributed by atoms with Gasteiger partial charge in [0.1, 0.15) is 0 Å². The SMILES string of the molecule is Cc1cccc(B2OCc3ccccc32)c1. The second-order valence-electron chi connectivity index (χ2n) is 4.30. The smallest absolute Gasteiger partial charge is 0.362 e. The Morgan fingerprint density at radius 1 is 1.06 bits per heavy atom. The van der Waals surface area contributed by atoms with Crippen LogP contribution in [-0.2, 0) is 11.3 Å². The fourth-order valence-electron chi connectivity index (χ4n) is 2.29. The van der Waals surface area contributed by atoms with Crippen LogP contribution in [0.4, 0.5) is 0 Å². The van der Waals surface area contributed by atoms with Gasteiger partial charge in [-0.1, -0.05) is 54.1 Å². The maximum absolute atomic E-state index is 5.86.